The molecule has 3 aromatic carbocycles. The van der Waals surface area contributed by atoms with Crippen LogP contribution < -0.4 is 0 Å². The van der Waals surface area contributed by atoms with Crippen molar-refractivity contribution < 1.29 is 61.8 Å². The van der Waals surface area contributed by atoms with Crippen LogP contribution in [0, 0.1) is 0 Å². The molecule has 280 valence electrons. The van der Waals surface area contributed by atoms with Gasteiger partial charge < -0.3 is 47.4 Å². The van der Waals surface area contributed by atoms with Crippen molar-refractivity contribution in [2.24, 2.45) is 0 Å². The first kappa shape index (κ1) is 39.0. The maximum atomic E-state index is 12.4. The summed E-state index contributed by atoms with van der Waals surface area (Å²) in [5.41, 5.74) is 2.76. The third kappa shape index (κ3) is 11.1. The largest absolute Gasteiger partial charge is 0.456 e. The van der Waals surface area contributed by atoms with Crippen molar-refractivity contribution in [3.05, 3.63) is 108 Å². The van der Waals surface area contributed by atoms with E-state index in [1.807, 2.05) is 91.0 Å². The zero-order chi connectivity index (χ0) is 36.9. The van der Waals surface area contributed by atoms with E-state index in [1.54, 1.807) is 0 Å². The molecule has 5 rings (SSSR count). The van der Waals surface area contributed by atoms with Crippen LogP contribution in [0.15, 0.2) is 91.0 Å². The van der Waals surface area contributed by atoms with Crippen molar-refractivity contribution in [1.82, 2.24) is 0 Å². The second kappa shape index (κ2) is 19.6. The smallest absolute Gasteiger partial charge is 0.303 e. The van der Waals surface area contributed by atoms with Gasteiger partial charge in [0.2, 0.25) is 0 Å². The molecule has 3 unspecified atom stereocenters. The Labute approximate surface area is 303 Å². The molecule has 2 heterocycles. The predicted molar refractivity (Wildman–Crippen MR) is 183 cm³/mol. The van der Waals surface area contributed by atoms with E-state index in [2.05, 4.69) is 0 Å². The fourth-order valence-electron chi connectivity index (χ4n) is 6.11. The Morgan fingerprint density at radius 3 is 1.62 bits per heavy atom. The second-order valence-corrected chi connectivity index (χ2v) is 12.4. The highest BCUT2D eigenvalue weighted by Gasteiger charge is 2.54. The molecule has 2 aliphatic heterocycles. The lowest BCUT2D eigenvalue weighted by Gasteiger charge is -2.48. The maximum absolute atomic E-state index is 12.4. The molecule has 0 amide bonds. The second-order valence-electron chi connectivity index (χ2n) is 12.4. The van der Waals surface area contributed by atoms with Crippen molar-refractivity contribution in [2.45, 2.75) is 95.9 Å². The van der Waals surface area contributed by atoms with Crippen LogP contribution in [0.25, 0.3) is 0 Å². The molecule has 0 spiro atoms. The van der Waals surface area contributed by atoms with Gasteiger partial charge in [0, 0.05) is 27.9 Å². The lowest BCUT2D eigenvalue weighted by Crippen LogP contribution is -2.65. The zero-order valence-corrected chi connectivity index (χ0v) is 29.7. The van der Waals surface area contributed by atoms with E-state index in [-0.39, 0.29) is 33.0 Å². The van der Waals surface area contributed by atoms with Crippen molar-refractivity contribution in [1.29, 1.82) is 0 Å². The number of esters is 3. The van der Waals surface area contributed by atoms with Gasteiger partial charge >= 0.3 is 17.9 Å². The summed E-state index contributed by atoms with van der Waals surface area (Å²) in [6, 6.07) is 28.9. The highest BCUT2D eigenvalue weighted by atomic mass is 16.8. The number of benzene rings is 3. The van der Waals surface area contributed by atoms with E-state index in [1.165, 1.54) is 27.9 Å². The molecule has 0 N–H and O–H groups in total. The molecular weight excluding hydrogens is 676 g/mol. The number of hydrogen-bond acceptors (Lipinski definition) is 13. The monoisotopic (exact) mass is 722 g/mol. The zero-order valence-electron chi connectivity index (χ0n) is 29.7. The molecule has 0 radical (unpaired) electrons. The summed E-state index contributed by atoms with van der Waals surface area (Å²) in [6.07, 6.45) is -9.43. The molecule has 52 heavy (non-hydrogen) atoms. The molecule has 0 bridgehead atoms. The van der Waals surface area contributed by atoms with Crippen LogP contribution in [0.5, 0.6) is 0 Å². The Bertz CT molecular complexity index is 1540. The van der Waals surface area contributed by atoms with Gasteiger partial charge in [0.15, 0.2) is 30.9 Å². The molecule has 0 aromatic heterocycles. The van der Waals surface area contributed by atoms with Gasteiger partial charge in [-0.15, -0.1) is 0 Å². The lowest BCUT2D eigenvalue weighted by molar-refractivity contribution is -0.358. The molecule has 9 atom stereocenters. The van der Waals surface area contributed by atoms with E-state index < -0.39 is 73.2 Å². The van der Waals surface area contributed by atoms with Gasteiger partial charge in [-0.1, -0.05) is 91.0 Å². The van der Waals surface area contributed by atoms with Crippen LogP contribution in [0.2, 0.25) is 0 Å². The van der Waals surface area contributed by atoms with E-state index >= 15 is 0 Å². The first-order valence-electron chi connectivity index (χ1n) is 17.1. The lowest BCUT2D eigenvalue weighted by atomic mass is 9.97. The van der Waals surface area contributed by atoms with Crippen molar-refractivity contribution >= 4 is 17.9 Å². The van der Waals surface area contributed by atoms with Crippen LogP contribution >= 0.6 is 0 Å². The van der Waals surface area contributed by atoms with Gasteiger partial charge in [0.1, 0.15) is 24.4 Å². The van der Waals surface area contributed by atoms with E-state index in [0.29, 0.717) is 0 Å². The van der Waals surface area contributed by atoms with E-state index in [4.69, 9.17) is 47.4 Å². The Balaban J connectivity index is 1.49. The van der Waals surface area contributed by atoms with Crippen molar-refractivity contribution in [2.75, 3.05) is 20.3 Å². The third-order valence-corrected chi connectivity index (χ3v) is 8.38. The summed E-state index contributed by atoms with van der Waals surface area (Å²) in [7, 11) is 1.51. The topological polar surface area (TPSA) is 144 Å². The molecular formula is C39H46O13. The van der Waals surface area contributed by atoms with Gasteiger partial charge in [-0.05, 0) is 16.7 Å². The van der Waals surface area contributed by atoms with Gasteiger partial charge in [-0.25, -0.2) is 0 Å². The Kier molecular flexibility index (Phi) is 14.7. The minimum atomic E-state index is -1.34. The number of carbonyl (C=O) groups excluding carboxylic acids is 3. The minimum Gasteiger partial charge on any atom is -0.456 e. The summed E-state index contributed by atoms with van der Waals surface area (Å²) in [5, 5.41) is 0. The predicted octanol–water partition coefficient (Wildman–Crippen LogP) is 4.28. The molecule has 2 aliphatic rings. The highest BCUT2D eigenvalue weighted by Crippen LogP contribution is 2.34. The Morgan fingerprint density at radius 1 is 0.596 bits per heavy atom. The molecule has 0 aliphatic carbocycles. The fourth-order valence-corrected chi connectivity index (χ4v) is 6.11. The standard InChI is InChI=1S/C39H46O13/c1-25(40)48-32-24-47-39(37(50-27(3)42)34(32)49-26(2)41)52-33-31(23-44-20-28-14-8-5-9-15-28)51-38(43-4)36(46-22-30-18-12-7-13-19-30)35(33)45-21-29-16-10-6-11-17-29/h5-19,31-39H,20-24H2,1-4H3/t31?,32-,33-,34+,35+,36?,37?,38+,39+/m1/s1. The van der Waals surface area contributed by atoms with Gasteiger partial charge in [0.25, 0.3) is 0 Å². The first-order valence-corrected chi connectivity index (χ1v) is 17.1. The van der Waals surface area contributed by atoms with Crippen LogP contribution in [0.4, 0.5) is 0 Å². The number of carbonyl (C=O) groups is 3. The summed E-state index contributed by atoms with van der Waals surface area (Å²) >= 11 is 0. The summed E-state index contributed by atoms with van der Waals surface area (Å²) in [4.78, 5) is 36.7. The van der Waals surface area contributed by atoms with Crippen LogP contribution in [-0.4, -0.2) is 93.5 Å². The molecule has 2 fully saturated rings. The fraction of sp³-hybridized carbons (Fsp3) is 0.462. The third-order valence-electron chi connectivity index (χ3n) is 8.38. The summed E-state index contributed by atoms with van der Waals surface area (Å²) in [6.45, 7) is 4.07. The van der Waals surface area contributed by atoms with Crippen LogP contribution in [-0.2, 0) is 81.6 Å². The minimum absolute atomic E-state index is 0.0322. The molecule has 13 heteroatoms. The molecule has 0 saturated carbocycles. The van der Waals surface area contributed by atoms with Gasteiger partial charge in [-0.3, -0.25) is 14.4 Å². The quantitative estimate of drug-likeness (QED) is 0.153. The van der Waals surface area contributed by atoms with Crippen molar-refractivity contribution in [3.63, 3.8) is 0 Å². The van der Waals surface area contributed by atoms with Crippen molar-refractivity contribution in [3.8, 4) is 0 Å². The highest BCUT2D eigenvalue weighted by molar-refractivity contribution is 5.68. The number of ether oxygens (including phenoxy) is 10. The number of methoxy groups -OCH3 is 1. The summed E-state index contributed by atoms with van der Waals surface area (Å²) in [5.74, 6) is -2.03. The van der Waals surface area contributed by atoms with Crippen LogP contribution in [0.3, 0.4) is 0 Å². The molecule has 3 aromatic rings. The van der Waals surface area contributed by atoms with Gasteiger partial charge in [0.05, 0.1) is 33.0 Å². The SMILES string of the molecule is CO[C@H]1OC(COCc2ccccc2)[C@@H](O[C@@H]2OC[C@@H](OC(C)=O)[C@H](OC(C)=O)C2OC(C)=O)[C@H](OCc2ccccc2)C1OCc1ccccc1. The molecule has 13 nitrogen and oxygen atoms in total. The Morgan fingerprint density at radius 2 is 1.10 bits per heavy atom. The summed E-state index contributed by atoms with van der Waals surface area (Å²) < 4.78 is 61.1. The normalized spacial score (nSPS) is 27.3. The van der Waals surface area contributed by atoms with Crippen LogP contribution in [0.1, 0.15) is 37.5 Å². The number of hydrogen-bond donors (Lipinski definition) is 0. The number of rotatable bonds is 16. The van der Waals surface area contributed by atoms with Gasteiger partial charge in [-0.2, -0.15) is 0 Å². The first-order chi connectivity index (χ1) is 25.2. The maximum Gasteiger partial charge on any atom is 0.303 e. The Hall–Kier alpha value is -4.21. The average molecular weight is 723 g/mol. The van der Waals surface area contributed by atoms with E-state index in [0.717, 1.165) is 16.7 Å². The van der Waals surface area contributed by atoms with E-state index in [9.17, 15) is 14.4 Å². The average Bonchev–Trinajstić information content (AvgIpc) is 3.13. The molecule has 2 saturated heterocycles.